The Morgan fingerprint density at radius 3 is 0.769 bits per heavy atom. The third-order valence-electron chi connectivity index (χ3n) is 5.48. The molecule has 0 N–H and O–H groups in total. The second-order valence-corrected chi connectivity index (χ2v) is 9.29. The van der Waals surface area contributed by atoms with Crippen LogP contribution in [0, 0.1) is 47.3 Å². The molecule has 0 aliphatic rings. The predicted molar refractivity (Wildman–Crippen MR) is 128 cm³/mol. The van der Waals surface area contributed by atoms with Gasteiger partial charge in [0.05, 0.1) is 0 Å². The van der Waals surface area contributed by atoms with Crippen molar-refractivity contribution >= 4 is 0 Å². The van der Waals surface area contributed by atoms with Crippen molar-refractivity contribution < 1.29 is 5.48 Å². The van der Waals surface area contributed by atoms with Crippen LogP contribution >= 0.6 is 0 Å². The van der Waals surface area contributed by atoms with E-state index >= 15 is 0 Å². The van der Waals surface area contributed by atoms with Gasteiger partial charge >= 0.3 is 0 Å². The summed E-state index contributed by atoms with van der Waals surface area (Å²) in [5, 5.41) is 0. The fourth-order valence-corrected chi connectivity index (χ4v) is 0.793. The third-order valence-corrected chi connectivity index (χ3v) is 5.48. The van der Waals surface area contributed by atoms with Crippen LogP contribution in [0.25, 0.3) is 0 Å². The van der Waals surface area contributed by atoms with E-state index in [9.17, 15) is 0 Å². The number of rotatable bonds is 6. The molecule has 0 heteroatoms. The SMILES string of the molecule is [2H]C(C)(C)C(C)C.[2H]C(C)(C)C(C)C.[2H]C(C)(C)C(C)CC.[2H]C(C)C(C)C(C)C. The Morgan fingerprint density at radius 1 is 0.500 bits per heavy atom. The second-order valence-electron chi connectivity index (χ2n) is 9.29. The topological polar surface area (TPSA) is 0 Å². The molecule has 0 aromatic carbocycles. The Hall–Kier alpha value is 0. The van der Waals surface area contributed by atoms with Gasteiger partial charge in [-0.05, 0) is 47.3 Å². The van der Waals surface area contributed by atoms with Crippen LogP contribution in [0.1, 0.15) is 129 Å². The van der Waals surface area contributed by atoms with E-state index < -0.39 is 0 Å². The first-order valence-corrected chi connectivity index (χ1v) is 10.8. The summed E-state index contributed by atoms with van der Waals surface area (Å²) >= 11 is 0. The molecule has 3 atom stereocenters. The molecule has 0 aromatic heterocycles. The highest BCUT2D eigenvalue weighted by Gasteiger charge is 2.01. The van der Waals surface area contributed by atoms with Gasteiger partial charge in [-0.15, -0.1) is 0 Å². The zero-order valence-electron chi connectivity index (χ0n) is 25.7. The first-order chi connectivity index (χ1) is 12.9. The minimum absolute atomic E-state index is 0.0926. The van der Waals surface area contributed by atoms with Gasteiger partial charge in [0.15, 0.2) is 0 Å². The maximum atomic E-state index is 7.54. The van der Waals surface area contributed by atoms with Gasteiger partial charge in [-0.3, -0.25) is 0 Å². The molecule has 0 bridgehead atoms. The van der Waals surface area contributed by atoms with Crippen molar-refractivity contribution in [3.8, 4) is 0 Å². The summed E-state index contributed by atoms with van der Waals surface area (Å²) in [6, 6.07) is 0. The van der Waals surface area contributed by atoms with Crippen LogP contribution in [0.3, 0.4) is 0 Å². The van der Waals surface area contributed by atoms with Crippen LogP contribution in [-0.2, 0) is 0 Å². The van der Waals surface area contributed by atoms with E-state index in [1.807, 2.05) is 48.5 Å². The van der Waals surface area contributed by atoms with E-state index in [-0.39, 0.29) is 24.1 Å². The molecule has 26 heavy (non-hydrogen) atoms. The monoisotopic (exact) mass is 376 g/mol. The molecule has 0 amide bonds. The predicted octanol–water partition coefficient (Wildman–Crippen LogP) is 9.97. The van der Waals surface area contributed by atoms with Crippen LogP contribution in [0.4, 0.5) is 0 Å². The quantitative estimate of drug-likeness (QED) is 0.432. The summed E-state index contributed by atoms with van der Waals surface area (Å²) in [5.41, 5.74) is 0. The minimum Gasteiger partial charge on any atom is -0.0651 e. The molecular weight excluding hydrogens is 312 g/mol. The van der Waals surface area contributed by atoms with E-state index in [0.717, 1.165) is 6.42 Å². The van der Waals surface area contributed by atoms with Crippen molar-refractivity contribution in [1.82, 2.24) is 0 Å². The lowest BCUT2D eigenvalue weighted by Crippen LogP contribution is -2.00. The fraction of sp³-hybridized carbons (Fsp3) is 1.00. The lowest BCUT2D eigenvalue weighted by molar-refractivity contribution is 0.407. The average Bonchev–Trinajstić information content (AvgIpc) is 2.52. The van der Waals surface area contributed by atoms with Gasteiger partial charge in [-0.25, -0.2) is 0 Å². The smallest absolute Gasteiger partial charge is 0.0300 e. The van der Waals surface area contributed by atoms with Crippen molar-refractivity contribution in [2.45, 2.75) is 124 Å². The molecule has 0 saturated heterocycles. The molecule has 0 aromatic rings. The molecule has 0 aliphatic carbocycles. The minimum atomic E-state index is -0.250. The van der Waals surface area contributed by atoms with E-state index in [0.29, 0.717) is 29.6 Å². The van der Waals surface area contributed by atoms with E-state index in [2.05, 4.69) is 62.3 Å². The average molecular weight is 377 g/mol. The Labute approximate surface area is 177 Å². The van der Waals surface area contributed by atoms with Crippen molar-refractivity contribution in [3.05, 3.63) is 0 Å². The zero-order valence-corrected chi connectivity index (χ0v) is 21.7. The summed E-state index contributed by atoms with van der Waals surface area (Å²) < 4.78 is 29.6. The van der Waals surface area contributed by atoms with Crippen LogP contribution in [0.2, 0.25) is 0 Å². The summed E-state index contributed by atoms with van der Waals surface area (Å²) in [6.07, 6.45) is 1.20. The number of hydrogen-bond donors (Lipinski definition) is 0. The largest absolute Gasteiger partial charge is 0.0651 e. The lowest BCUT2D eigenvalue weighted by Gasteiger charge is -2.10. The molecule has 0 saturated carbocycles. The van der Waals surface area contributed by atoms with Gasteiger partial charge in [0, 0.05) is 5.48 Å². The third kappa shape index (κ3) is 31.7. The Bertz CT molecular complexity index is 340. The van der Waals surface area contributed by atoms with Crippen LogP contribution in [-0.4, -0.2) is 0 Å². The first kappa shape index (κ1) is 24.0. The van der Waals surface area contributed by atoms with Crippen molar-refractivity contribution in [1.29, 1.82) is 0 Å². The van der Waals surface area contributed by atoms with E-state index in [4.69, 9.17) is 5.48 Å². The lowest BCUT2D eigenvalue weighted by atomic mass is 9.96. The number of hydrogen-bond acceptors (Lipinski definition) is 0. The van der Waals surface area contributed by atoms with Crippen LogP contribution in [0.15, 0.2) is 0 Å². The highest BCUT2D eigenvalue weighted by atomic mass is 14.1. The highest BCUT2D eigenvalue weighted by molar-refractivity contribution is 4.52. The molecule has 0 fully saturated rings. The Balaban J connectivity index is -0.000000151. The summed E-state index contributed by atoms with van der Waals surface area (Å²) in [4.78, 5) is 0. The molecule has 0 spiro atoms. The Morgan fingerprint density at radius 2 is 0.769 bits per heavy atom. The summed E-state index contributed by atoms with van der Waals surface area (Å²) in [5.74, 6) is 1.90. The summed E-state index contributed by atoms with van der Waals surface area (Å²) in [7, 11) is 0. The maximum Gasteiger partial charge on any atom is 0.0300 e. The van der Waals surface area contributed by atoms with E-state index in [1.54, 1.807) is 0 Å². The van der Waals surface area contributed by atoms with Gasteiger partial charge in [-0.2, -0.15) is 0 Å². The van der Waals surface area contributed by atoms with Gasteiger partial charge in [0.2, 0.25) is 0 Å². The maximum absolute atomic E-state index is 7.54. The molecular formula is C26H60. The second kappa shape index (κ2) is 21.3. The molecule has 0 aliphatic heterocycles. The van der Waals surface area contributed by atoms with E-state index in [1.165, 1.54) is 0 Å². The molecule has 3 unspecified atom stereocenters. The fourth-order valence-electron chi connectivity index (χ4n) is 0.793. The van der Waals surface area contributed by atoms with Crippen LogP contribution in [0.5, 0.6) is 0 Å². The molecule has 0 radical (unpaired) electrons. The Kier molecular flexibility index (Phi) is 19.7. The van der Waals surface area contributed by atoms with Gasteiger partial charge < -0.3 is 0 Å². The van der Waals surface area contributed by atoms with Gasteiger partial charge in [0.25, 0.3) is 0 Å². The molecule has 0 rings (SSSR count). The highest BCUT2D eigenvalue weighted by Crippen LogP contribution is 2.12. The van der Waals surface area contributed by atoms with Crippen molar-refractivity contribution in [3.63, 3.8) is 0 Å². The molecule has 0 nitrogen and oxygen atoms in total. The van der Waals surface area contributed by atoms with Crippen LogP contribution < -0.4 is 0 Å². The molecule has 164 valence electrons. The first-order valence-electron chi connectivity index (χ1n) is 12.9. The standard InChI is InChI=1S/2C7H16.2C6H14/c2*1-5-7(4)6(2)3;2*1-5(2)6(3)4/h2*6-7H,5H2,1-4H3;2*5-6H,1-4H3/i6D;3*5D. The van der Waals surface area contributed by atoms with Gasteiger partial charge in [0.1, 0.15) is 0 Å². The normalized spacial score (nSPS) is 17.8. The zero-order chi connectivity index (χ0) is 25.7. The van der Waals surface area contributed by atoms with Crippen molar-refractivity contribution in [2.24, 2.45) is 47.3 Å². The molecule has 0 heterocycles. The van der Waals surface area contributed by atoms with Gasteiger partial charge in [-0.1, -0.05) is 124 Å². The summed E-state index contributed by atoms with van der Waals surface area (Å²) in [6.45, 7) is 32.5. The van der Waals surface area contributed by atoms with Crippen molar-refractivity contribution in [2.75, 3.05) is 0 Å².